The van der Waals surface area contributed by atoms with Gasteiger partial charge in [-0.1, -0.05) is 41.9 Å². The van der Waals surface area contributed by atoms with E-state index in [0.29, 0.717) is 11.5 Å². The summed E-state index contributed by atoms with van der Waals surface area (Å²) in [7, 11) is 0. The Kier molecular flexibility index (Phi) is 4.53. The molecule has 0 aliphatic carbocycles. The van der Waals surface area contributed by atoms with Gasteiger partial charge in [0.2, 0.25) is 0 Å². The fraction of sp³-hybridized carbons (Fsp3) is 0.111. The number of nitrogens with zero attached hydrogens (tertiary/aromatic N) is 2. The summed E-state index contributed by atoms with van der Waals surface area (Å²) in [5.74, 6) is 0.203. The Morgan fingerprint density at radius 2 is 1.87 bits per heavy atom. The van der Waals surface area contributed by atoms with Crippen LogP contribution in [0.3, 0.4) is 0 Å². The molecule has 1 atom stereocenters. The first-order valence-electron chi connectivity index (χ1n) is 7.22. The van der Waals surface area contributed by atoms with Crippen LogP contribution in [0.25, 0.3) is 11.3 Å². The van der Waals surface area contributed by atoms with Gasteiger partial charge in [0.25, 0.3) is 0 Å². The van der Waals surface area contributed by atoms with Gasteiger partial charge in [0.1, 0.15) is 11.6 Å². The number of hydrogen-bond acceptors (Lipinski definition) is 3. The Morgan fingerprint density at radius 3 is 2.61 bits per heavy atom. The molecule has 0 bridgehead atoms. The average Bonchev–Trinajstić information content (AvgIpc) is 2.58. The number of rotatable bonds is 4. The number of halogens is 2. The van der Waals surface area contributed by atoms with Crippen molar-refractivity contribution in [3.8, 4) is 11.3 Å². The van der Waals surface area contributed by atoms with Crippen LogP contribution in [-0.4, -0.2) is 9.97 Å². The van der Waals surface area contributed by atoms with E-state index in [1.165, 1.54) is 6.07 Å². The molecule has 3 rings (SSSR count). The first-order valence-corrected chi connectivity index (χ1v) is 7.60. The largest absolute Gasteiger partial charge is 0.362 e. The maximum atomic E-state index is 13.3. The van der Waals surface area contributed by atoms with E-state index in [9.17, 15) is 4.39 Å². The van der Waals surface area contributed by atoms with Crippen molar-refractivity contribution < 1.29 is 4.39 Å². The lowest BCUT2D eigenvalue weighted by atomic mass is 10.1. The van der Waals surface area contributed by atoms with Crippen LogP contribution in [-0.2, 0) is 0 Å². The summed E-state index contributed by atoms with van der Waals surface area (Å²) < 4.78 is 13.3. The second kappa shape index (κ2) is 6.75. The fourth-order valence-corrected chi connectivity index (χ4v) is 2.46. The Hall–Kier alpha value is -2.46. The third-order valence-corrected chi connectivity index (χ3v) is 3.80. The van der Waals surface area contributed by atoms with Crippen molar-refractivity contribution in [1.82, 2.24) is 9.97 Å². The lowest BCUT2D eigenvalue weighted by Gasteiger charge is -2.15. The molecule has 1 N–H and O–H groups in total. The molecule has 116 valence electrons. The van der Waals surface area contributed by atoms with E-state index in [0.717, 1.165) is 11.1 Å². The Morgan fingerprint density at radius 1 is 1.09 bits per heavy atom. The second-order valence-electron chi connectivity index (χ2n) is 5.20. The normalized spacial score (nSPS) is 12.0. The van der Waals surface area contributed by atoms with Crippen molar-refractivity contribution in [1.29, 1.82) is 0 Å². The molecular weight excluding hydrogens is 313 g/mol. The van der Waals surface area contributed by atoms with E-state index in [4.69, 9.17) is 11.6 Å². The minimum atomic E-state index is -0.449. The summed E-state index contributed by atoms with van der Waals surface area (Å²) in [6.07, 6.45) is 3.29. The van der Waals surface area contributed by atoms with Crippen molar-refractivity contribution >= 4 is 17.4 Å². The van der Waals surface area contributed by atoms with E-state index in [-0.39, 0.29) is 11.1 Å². The third-order valence-electron chi connectivity index (χ3n) is 3.51. The summed E-state index contributed by atoms with van der Waals surface area (Å²) in [5, 5.41) is 3.38. The molecule has 0 radical (unpaired) electrons. The van der Waals surface area contributed by atoms with Crippen LogP contribution < -0.4 is 5.32 Å². The zero-order chi connectivity index (χ0) is 16.2. The first kappa shape index (κ1) is 15.4. The molecule has 23 heavy (non-hydrogen) atoms. The van der Waals surface area contributed by atoms with E-state index in [1.54, 1.807) is 24.5 Å². The minimum Gasteiger partial charge on any atom is -0.362 e. The van der Waals surface area contributed by atoms with E-state index in [1.807, 2.05) is 18.2 Å². The number of anilines is 1. The summed E-state index contributed by atoms with van der Waals surface area (Å²) in [5.41, 5.74) is 2.52. The highest BCUT2D eigenvalue weighted by Crippen LogP contribution is 2.24. The highest BCUT2D eigenvalue weighted by Gasteiger charge is 2.08. The molecule has 3 nitrogen and oxygen atoms in total. The summed E-state index contributed by atoms with van der Waals surface area (Å²) >= 11 is 5.83. The molecule has 0 aliphatic heterocycles. The van der Waals surface area contributed by atoms with Crippen LogP contribution in [0, 0.1) is 5.82 Å². The molecular formula is C18H15ClFN3. The van der Waals surface area contributed by atoms with Gasteiger partial charge < -0.3 is 5.32 Å². The molecule has 0 aliphatic rings. The Balaban J connectivity index is 1.84. The summed E-state index contributed by atoms with van der Waals surface area (Å²) in [6.45, 7) is 2.05. The Bertz CT molecular complexity index is 808. The maximum Gasteiger partial charge on any atom is 0.145 e. The van der Waals surface area contributed by atoms with Crippen LogP contribution in [0.15, 0.2) is 60.9 Å². The molecule has 1 heterocycles. The minimum absolute atomic E-state index is 0.0697. The van der Waals surface area contributed by atoms with Crippen molar-refractivity contribution in [2.75, 3.05) is 5.32 Å². The van der Waals surface area contributed by atoms with Crippen LogP contribution in [0.1, 0.15) is 18.5 Å². The monoisotopic (exact) mass is 327 g/mol. The fourth-order valence-electron chi connectivity index (χ4n) is 2.28. The predicted molar refractivity (Wildman–Crippen MR) is 90.9 cm³/mol. The predicted octanol–water partition coefficient (Wildman–Crippen LogP) is 5.11. The van der Waals surface area contributed by atoms with Gasteiger partial charge in [-0.05, 0) is 30.7 Å². The lowest BCUT2D eigenvalue weighted by Crippen LogP contribution is -2.08. The van der Waals surface area contributed by atoms with Crippen LogP contribution >= 0.6 is 11.6 Å². The second-order valence-corrected chi connectivity index (χ2v) is 5.60. The SMILES string of the molecule is C[C@H](Nc1cncc(-c2ccc(F)c(Cl)c2)n1)c1ccccc1. The van der Waals surface area contributed by atoms with Crippen molar-refractivity contribution in [3.05, 3.63) is 77.3 Å². The van der Waals surface area contributed by atoms with Gasteiger partial charge >= 0.3 is 0 Å². The van der Waals surface area contributed by atoms with Gasteiger partial charge in [0.15, 0.2) is 0 Å². The molecule has 0 spiro atoms. The van der Waals surface area contributed by atoms with E-state index < -0.39 is 5.82 Å². The van der Waals surface area contributed by atoms with Crippen molar-refractivity contribution in [3.63, 3.8) is 0 Å². The van der Waals surface area contributed by atoms with Gasteiger partial charge in [0, 0.05) is 11.6 Å². The number of aromatic nitrogens is 2. The van der Waals surface area contributed by atoms with Gasteiger partial charge in [0.05, 0.1) is 23.1 Å². The highest BCUT2D eigenvalue weighted by atomic mass is 35.5. The first-order chi connectivity index (χ1) is 11.1. The van der Waals surface area contributed by atoms with E-state index in [2.05, 4.69) is 34.3 Å². The summed E-state index contributed by atoms with van der Waals surface area (Å²) in [4.78, 5) is 8.72. The zero-order valence-electron chi connectivity index (χ0n) is 12.5. The molecule has 5 heteroatoms. The molecule has 3 aromatic rings. The molecule has 0 saturated carbocycles. The molecule has 0 amide bonds. The van der Waals surface area contributed by atoms with Crippen LogP contribution in [0.4, 0.5) is 10.2 Å². The molecule has 2 aromatic carbocycles. The molecule has 0 fully saturated rings. The third kappa shape index (κ3) is 3.66. The zero-order valence-corrected chi connectivity index (χ0v) is 13.3. The number of benzene rings is 2. The van der Waals surface area contributed by atoms with Crippen LogP contribution in [0.5, 0.6) is 0 Å². The van der Waals surface area contributed by atoms with E-state index >= 15 is 0 Å². The summed E-state index contributed by atoms with van der Waals surface area (Å²) in [6, 6.07) is 14.7. The van der Waals surface area contributed by atoms with Gasteiger partial charge in [-0.15, -0.1) is 0 Å². The van der Waals surface area contributed by atoms with Crippen molar-refractivity contribution in [2.24, 2.45) is 0 Å². The van der Waals surface area contributed by atoms with Gasteiger partial charge in [-0.3, -0.25) is 4.98 Å². The highest BCUT2D eigenvalue weighted by molar-refractivity contribution is 6.31. The van der Waals surface area contributed by atoms with Gasteiger partial charge in [-0.2, -0.15) is 0 Å². The quantitative estimate of drug-likeness (QED) is 0.723. The smallest absolute Gasteiger partial charge is 0.145 e. The number of hydrogen-bond donors (Lipinski definition) is 1. The molecule has 0 unspecified atom stereocenters. The molecule has 0 saturated heterocycles. The maximum absolute atomic E-state index is 13.3. The molecule has 1 aromatic heterocycles. The topological polar surface area (TPSA) is 37.8 Å². The van der Waals surface area contributed by atoms with Crippen LogP contribution in [0.2, 0.25) is 5.02 Å². The standard InChI is InChI=1S/C18H15ClFN3/c1-12(13-5-3-2-4-6-13)22-18-11-21-10-17(23-18)14-7-8-16(20)15(19)9-14/h2-12H,1H3,(H,22,23)/t12-/m0/s1. The van der Waals surface area contributed by atoms with Gasteiger partial charge in [-0.25, -0.2) is 9.37 Å². The van der Waals surface area contributed by atoms with Crippen molar-refractivity contribution in [2.45, 2.75) is 13.0 Å². The lowest BCUT2D eigenvalue weighted by molar-refractivity contribution is 0.628. The average molecular weight is 328 g/mol. The number of nitrogens with one attached hydrogen (secondary N) is 1. The Labute approximate surface area is 139 Å².